The summed E-state index contributed by atoms with van der Waals surface area (Å²) >= 11 is 3.57. The third kappa shape index (κ3) is 9.31. The SMILES string of the molecule is CC(C)CCCC(C)CCC(O)(CCC(C)CCCC(C)C)c1ccsc1-c1cccs1. The molecule has 32 heavy (non-hydrogen) atoms. The van der Waals surface area contributed by atoms with Gasteiger partial charge < -0.3 is 5.11 Å². The quantitative estimate of drug-likeness (QED) is 0.255. The molecule has 2 unspecified atom stereocenters. The van der Waals surface area contributed by atoms with Gasteiger partial charge in [-0.1, -0.05) is 86.1 Å². The van der Waals surface area contributed by atoms with Crippen molar-refractivity contribution in [1.29, 1.82) is 0 Å². The van der Waals surface area contributed by atoms with E-state index in [9.17, 15) is 5.11 Å². The molecule has 0 fully saturated rings. The fourth-order valence-electron chi connectivity index (χ4n) is 4.68. The van der Waals surface area contributed by atoms with Gasteiger partial charge in [-0.25, -0.2) is 0 Å². The predicted molar refractivity (Wildman–Crippen MR) is 146 cm³/mol. The molecule has 0 radical (unpaired) electrons. The summed E-state index contributed by atoms with van der Waals surface area (Å²) in [5, 5.41) is 16.4. The van der Waals surface area contributed by atoms with Crippen molar-refractivity contribution in [2.75, 3.05) is 0 Å². The molecule has 2 heterocycles. The van der Waals surface area contributed by atoms with Crippen molar-refractivity contribution in [3.05, 3.63) is 34.5 Å². The molecule has 182 valence electrons. The molecule has 0 aliphatic rings. The maximum absolute atomic E-state index is 12.1. The Morgan fingerprint density at radius 1 is 0.719 bits per heavy atom. The summed E-state index contributed by atoms with van der Waals surface area (Å²) < 4.78 is 0. The van der Waals surface area contributed by atoms with E-state index >= 15 is 0 Å². The molecule has 2 rings (SSSR count). The van der Waals surface area contributed by atoms with Gasteiger partial charge in [0.15, 0.2) is 0 Å². The van der Waals surface area contributed by atoms with Crippen LogP contribution in [-0.4, -0.2) is 5.11 Å². The number of rotatable bonds is 16. The van der Waals surface area contributed by atoms with Crippen molar-refractivity contribution in [1.82, 2.24) is 0 Å². The highest BCUT2D eigenvalue weighted by Gasteiger charge is 2.33. The number of aliphatic hydroxyl groups is 1. The van der Waals surface area contributed by atoms with Crippen LogP contribution < -0.4 is 0 Å². The third-order valence-electron chi connectivity index (χ3n) is 6.97. The highest BCUT2D eigenvalue weighted by Crippen LogP contribution is 2.44. The molecule has 0 aliphatic heterocycles. The second kappa shape index (κ2) is 13.9. The molecule has 2 aromatic rings. The summed E-state index contributed by atoms with van der Waals surface area (Å²) in [5.41, 5.74) is 0.464. The van der Waals surface area contributed by atoms with Gasteiger partial charge in [0.1, 0.15) is 0 Å². The van der Waals surface area contributed by atoms with E-state index in [-0.39, 0.29) is 0 Å². The molecule has 2 aromatic heterocycles. The van der Waals surface area contributed by atoms with Crippen LogP contribution in [0, 0.1) is 23.7 Å². The molecular weight excluding hydrogens is 428 g/mol. The van der Waals surface area contributed by atoms with Gasteiger partial charge in [0.05, 0.1) is 10.5 Å². The molecule has 0 saturated carbocycles. The number of hydrogen-bond donors (Lipinski definition) is 1. The Hall–Kier alpha value is -0.640. The van der Waals surface area contributed by atoms with Gasteiger partial charge in [-0.3, -0.25) is 0 Å². The zero-order chi connectivity index (χ0) is 23.6. The number of hydrogen-bond acceptors (Lipinski definition) is 3. The van der Waals surface area contributed by atoms with Crippen LogP contribution >= 0.6 is 22.7 Å². The normalized spacial score (nSPS) is 15.9. The second-order valence-electron chi connectivity index (χ2n) is 11.1. The van der Waals surface area contributed by atoms with Gasteiger partial charge in [0, 0.05) is 10.4 Å². The Labute approximate surface area is 206 Å². The minimum atomic E-state index is -0.710. The standard InChI is InChI=1S/C29H48OS2/c1-22(2)10-7-12-24(5)15-18-29(30,19-16-25(6)13-8-11-23(3)4)26-17-21-32-28(26)27-14-9-20-31-27/h9,14,17,20-25,30H,7-8,10-13,15-16,18-19H2,1-6H3. The Balaban J connectivity index is 2.06. The fourth-order valence-corrected chi connectivity index (χ4v) is 6.55. The predicted octanol–water partition coefficient (Wildman–Crippen LogP) is 10.1. The first-order chi connectivity index (χ1) is 15.2. The summed E-state index contributed by atoms with van der Waals surface area (Å²) in [5.74, 6) is 2.92. The molecule has 0 saturated heterocycles. The average Bonchev–Trinajstić information content (AvgIpc) is 3.42. The molecule has 1 nitrogen and oxygen atoms in total. The van der Waals surface area contributed by atoms with Gasteiger partial charge in [0.2, 0.25) is 0 Å². The lowest BCUT2D eigenvalue weighted by atomic mass is 9.80. The summed E-state index contributed by atoms with van der Waals surface area (Å²) in [4.78, 5) is 2.57. The van der Waals surface area contributed by atoms with Crippen LogP contribution in [0.5, 0.6) is 0 Å². The van der Waals surface area contributed by atoms with Crippen molar-refractivity contribution in [2.24, 2.45) is 23.7 Å². The summed E-state index contributed by atoms with van der Waals surface area (Å²) in [6, 6.07) is 6.52. The van der Waals surface area contributed by atoms with Gasteiger partial charge in [-0.15, -0.1) is 22.7 Å². The van der Waals surface area contributed by atoms with E-state index in [0.29, 0.717) is 11.8 Å². The van der Waals surface area contributed by atoms with E-state index in [4.69, 9.17) is 0 Å². The monoisotopic (exact) mass is 476 g/mol. The highest BCUT2D eigenvalue weighted by molar-refractivity contribution is 7.20. The van der Waals surface area contributed by atoms with E-state index in [1.54, 1.807) is 22.7 Å². The van der Waals surface area contributed by atoms with Crippen LogP contribution in [-0.2, 0) is 5.60 Å². The largest absolute Gasteiger partial charge is 0.385 e. The minimum Gasteiger partial charge on any atom is -0.385 e. The van der Waals surface area contributed by atoms with Gasteiger partial charge in [0.25, 0.3) is 0 Å². The Bertz CT molecular complexity index is 704. The van der Waals surface area contributed by atoms with Crippen molar-refractivity contribution >= 4 is 22.7 Å². The van der Waals surface area contributed by atoms with Crippen molar-refractivity contribution in [3.63, 3.8) is 0 Å². The van der Waals surface area contributed by atoms with Crippen LogP contribution in [0.25, 0.3) is 9.75 Å². The summed E-state index contributed by atoms with van der Waals surface area (Å²) in [6.07, 6.45) is 11.8. The van der Waals surface area contributed by atoms with Crippen LogP contribution in [0.3, 0.4) is 0 Å². The Kier molecular flexibility index (Phi) is 12.0. The van der Waals surface area contributed by atoms with Crippen molar-refractivity contribution in [3.8, 4) is 9.75 Å². The number of thiophene rings is 2. The first kappa shape index (κ1) is 27.6. The van der Waals surface area contributed by atoms with Crippen LogP contribution in [0.4, 0.5) is 0 Å². The zero-order valence-electron chi connectivity index (χ0n) is 21.5. The first-order valence-electron chi connectivity index (χ1n) is 13.1. The molecule has 0 spiro atoms. The summed E-state index contributed by atoms with van der Waals surface area (Å²) in [7, 11) is 0. The van der Waals surface area contributed by atoms with E-state index < -0.39 is 5.60 Å². The van der Waals surface area contributed by atoms with Crippen LogP contribution in [0.1, 0.15) is 111 Å². The van der Waals surface area contributed by atoms with Crippen molar-refractivity contribution < 1.29 is 5.11 Å². The smallest absolute Gasteiger partial charge is 0.0911 e. The van der Waals surface area contributed by atoms with Gasteiger partial charge >= 0.3 is 0 Å². The Morgan fingerprint density at radius 2 is 1.28 bits per heavy atom. The molecule has 1 N–H and O–H groups in total. The first-order valence-corrected chi connectivity index (χ1v) is 14.8. The lowest BCUT2D eigenvalue weighted by molar-refractivity contribution is 0.00750. The molecule has 2 atom stereocenters. The fraction of sp³-hybridized carbons (Fsp3) is 0.724. The van der Waals surface area contributed by atoms with E-state index in [1.807, 2.05) is 0 Å². The van der Waals surface area contributed by atoms with Gasteiger partial charge in [-0.05, 0) is 72.2 Å². The minimum absolute atomic E-state index is 0.674. The topological polar surface area (TPSA) is 20.2 Å². The lowest BCUT2D eigenvalue weighted by Crippen LogP contribution is -2.27. The lowest BCUT2D eigenvalue weighted by Gasteiger charge is -2.31. The Morgan fingerprint density at radius 3 is 1.75 bits per heavy atom. The van der Waals surface area contributed by atoms with Crippen LogP contribution in [0.15, 0.2) is 29.0 Å². The summed E-state index contributed by atoms with van der Waals surface area (Å²) in [6.45, 7) is 14.0. The molecule has 0 aliphatic carbocycles. The van der Waals surface area contributed by atoms with E-state index in [2.05, 4.69) is 70.5 Å². The van der Waals surface area contributed by atoms with Crippen LogP contribution in [0.2, 0.25) is 0 Å². The average molecular weight is 477 g/mol. The zero-order valence-corrected chi connectivity index (χ0v) is 23.2. The van der Waals surface area contributed by atoms with Crippen molar-refractivity contribution in [2.45, 2.75) is 111 Å². The molecule has 0 amide bonds. The molecule has 0 aromatic carbocycles. The third-order valence-corrected chi connectivity index (χ3v) is 8.93. The van der Waals surface area contributed by atoms with Gasteiger partial charge in [-0.2, -0.15) is 0 Å². The van der Waals surface area contributed by atoms with E-state index in [1.165, 1.54) is 53.8 Å². The maximum atomic E-state index is 12.1. The molecular formula is C29H48OS2. The second-order valence-corrected chi connectivity index (χ2v) is 13.0. The van der Waals surface area contributed by atoms with E-state index in [0.717, 1.165) is 37.5 Å². The molecule has 3 heteroatoms. The maximum Gasteiger partial charge on any atom is 0.0911 e. The molecule has 0 bridgehead atoms. The highest BCUT2D eigenvalue weighted by atomic mass is 32.1.